The first-order chi connectivity index (χ1) is 10.1. The molecule has 1 atom stereocenters. The summed E-state index contributed by atoms with van der Waals surface area (Å²) in [7, 11) is 1.53. The average molecular weight is 311 g/mol. The van der Waals surface area contributed by atoms with Gasteiger partial charge >= 0.3 is 0 Å². The van der Waals surface area contributed by atoms with Gasteiger partial charge in [0.15, 0.2) is 0 Å². The number of hydrogen-bond acceptors (Lipinski definition) is 3. The van der Waals surface area contributed by atoms with Gasteiger partial charge in [0.1, 0.15) is 6.54 Å². The molecule has 1 heterocycles. The summed E-state index contributed by atoms with van der Waals surface area (Å²) >= 11 is 5.98. The van der Waals surface area contributed by atoms with Crippen molar-refractivity contribution in [2.75, 3.05) is 20.3 Å². The molecule has 0 bridgehead atoms. The molecule has 114 valence electrons. The number of nitrogens with one attached hydrogen (secondary N) is 1. The Balaban J connectivity index is 1.88. The number of carbonyl (C=O) groups excluding carboxylic acids is 1. The van der Waals surface area contributed by atoms with Gasteiger partial charge in [-0.2, -0.15) is 0 Å². The average Bonchev–Trinajstić information content (AvgIpc) is 2.81. The highest BCUT2D eigenvalue weighted by atomic mass is 35.5. The third-order valence-electron chi connectivity index (χ3n) is 3.21. The molecule has 0 saturated heterocycles. The molecular weight excluding hydrogens is 292 g/mol. The molecule has 1 aromatic heterocycles. The highest BCUT2D eigenvalue weighted by molar-refractivity contribution is 6.31. The lowest BCUT2D eigenvalue weighted by Crippen LogP contribution is -2.31. The van der Waals surface area contributed by atoms with E-state index in [2.05, 4.69) is 5.32 Å². The van der Waals surface area contributed by atoms with E-state index in [-0.39, 0.29) is 19.1 Å². The Kier molecular flexibility index (Phi) is 5.61. The number of carbonyl (C=O) groups is 1. The van der Waals surface area contributed by atoms with Crippen LogP contribution in [-0.4, -0.2) is 41.9 Å². The summed E-state index contributed by atoms with van der Waals surface area (Å²) in [6, 6.07) is 7.53. The lowest BCUT2D eigenvalue weighted by molar-refractivity contribution is -0.121. The molecule has 0 saturated carbocycles. The summed E-state index contributed by atoms with van der Waals surface area (Å²) in [5, 5.41) is 14.0. The van der Waals surface area contributed by atoms with E-state index in [9.17, 15) is 9.90 Å². The first kappa shape index (κ1) is 15.8. The van der Waals surface area contributed by atoms with Gasteiger partial charge < -0.3 is 19.7 Å². The van der Waals surface area contributed by atoms with Crippen LogP contribution in [0.2, 0.25) is 5.02 Å². The molecule has 0 fully saturated rings. The van der Waals surface area contributed by atoms with E-state index in [1.54, 1.807) is 0 Å². The fraction of sp³-hybridized carbons (Fsp3) is 0.400. The maximum Gasteiger partial charge on any atom is 0.239 e. The number of ether oxygens (including phenoxy) is 1. The highest BCUT2D eigenvalue weighted by Gasteiger charge is 2.08. The summed E-state index contributed by atoms with van der Waals surface area (Å²) in [6.45, 7) is 0.921. The summed E-state index contributed by atoms with van der Waals surface area (Å²) < 4.78 is 6.68. The SMILES string of the molecule is COCC(O)CCNC(=O)Cn1ccc2ccc(Cl)cc21. The number of fused-ring (bicyclic) bond motifs is 1. The van der Waals surface area contributed by atoms with Crippen molar-refractivity contribution < 1.29 is 14.6 Å². The number of methoxy groups -OCH3 is 1. The summed E-state index contributed by atoms with van der Waals surface area (Å²) in [4.78, 5) is 11.9. The van der Waals surface area contributed by atoms with Crippen LogP contribution in [0, 0.1) is 0 Å². The van der Waals surface area contributed by atoms with E-state index in [4.69, 9.17) is 16.3 Å². The fourth-order valence-electron chi connectivity index (χ4n) is 2.16. The Labute approximate surface area is 128 Å². The molecule has 21 heavy (non-hydrogen) atoms. The number of benzene rings is 1. The van der Waals surface area contributed by atoms with Gasteiger partial charge in [0.25, 0.3) is 0 Å². The molecular formula is C15H19ClN2O3. The number of aromatic nitrogens is 1. The summed E-state index contributed by atoms with van der Waals surface area (Å²) in [6.07, 6.45) is 1.78. The van der Waals surface area contributed by atoms with Gasteiger partial charge in [0.2, 0.25) is 5.91 Å². The second-order valence-electron chi connectivity index (χ2n) is 4.89. The second-order valence-corrected chi connectivity index (χ2v) is 5.33. The van der Waals surface area contributed by atoms with E-state index in [1.165, 1.54) is 7.11 Å². The normalized spacial score (nSPS) is 12.5. The number of rotatable bonds is 7. The number of aliphatic hydroxyl groups is 1. The molecule has 2 aromatic rings. The van der Waals surface area contributed by atoms with Gasteiger partial charge in [-0.05, 0) is 30.0 Å². The lowest BCUT2D eigenvalue weighted by atomic mass is 10.2. The summed E-state index contributed by atoms with van der Waals surface area (Å²) in [5.41, 5.74) is 0.928. The molecule has 0 aliphatic carbocycles. The molecule has 0 spiro atoms. The first-order valence-electron chi connectivity index (χ1n) is 6.78. The topological polar surface area (TPSA) is 63.5 Å². The number of amides is 1. The van der Waals surface area contributed by atoms with E-state index < -0.39 is 6.10 Å². The predicted molar refractivity (Wildman–Crippen MR) is 82.5 cm³/mol. The van der Waals surface area contributed by atoms with Crippen LogP contribution in [0.25, 0.3) is 10.9 Å². The molecule has 0 aliphatic rings. The van der Waals surface area contributed by atoms with Gasteiger partial charge in [0.05, 0.1) is 12.7 Å². The number of halogens is 1. The van der Waals surface area contributed by atoms with Crippen LogP contribution >= 0.6 is 11.6 Å². The van der Waals surface area contributed by atoms with Crippen molar-refractivity contribution in [1.29, 1.82) is 0 Å². The molecule has 6 heteroatoms. The quantitative estimate of drug-likeness (QED) is 0.820. The zero-order chi connectivity index (χ0) is 15.2. The standard InChI is InChI=1S/C15H19ClN2O3/c1-21-10-13(19)4-6-17-15(20)9-18-7-5-11-2-3-12(16)8-14(11)18/h2-3,5,7-8,13,19H,4,6,9-10H2,1H3,(H,17,20). The maximum atomic E-state index is 11.9. The summed E-state index contributed by atoms with van der Waals surface area (Å²) in [5.74, 6) is -0.0999. The van der Waals surface area contributed by atoms with Gasteiger partial charge in [-0.25, -0.2) is 0 Å². The van der Waals surface area contributed by atoms with Gasteiger partial charge in [0, 0.05) is 30.4 Å². The van der Waals surface area contributed by atoms with Crippen molar-refractivity contribution in [1.82, 2.24) is 9.88 Å². The van der Waals surface area contributed by atoms with Crippen molar-refractivity contribution >= 4 is 28.4 Å². The van der Waals surface area contributed by atoms with Crippen LogP contribution in [0.1, 0.15) is 6.42 Å². The minimum Gasteiger partial charge on any atom is -0.391 e. The van der Waals surface area contributed by atoms with Gasteiger partial charge in [-0.15, -0.1) is 0 Å². The molecule has 1 aromatic carbocycles. The van der Waals surface area contributed by atoms with Crippen LogP contribution < -0.4 is 5.32 Å². The van der Waals surface area contributed by atoms with E-state index >= 15 is 0 Å². The van der Waals surface area contributed by atoms with Crippen molar-refractivity contribution in [2.45, 2.75) is 19.1 Å². The minimum atomic E-state index is -0.554. The largest absolute Gasteiger partial charge is 0.391 e. The van der Waals surface area contributed by atoms with Crippen LogP contribution in [0.5, 0.6) is 0 Å². The molecule has 1 amide bonds. The second kappa shape index (κ2) is 7.45. The molecule has 0 radical (unpaired) electrons. The maximum absolute atomic E-state index is 11.9. The van der Waals surface area contributed by atoms with Crippen LogP contribution in [0.4, 0.5) is 0 Å². The Morgan fingerprint density at radius 3 is 3.05 bits per heavy atom. The number of nitrogens with zero attached hydrogens (tertiary/aromatic N) is 1. The van der Waals surface area contributed by atoms with Crippen LogP contribution in [-0.2, 0) is 16.1 Å². The minimum absolute atomic E-state index is 0.0999. The molecule has 1 unspecified atom stereocenters. The third-order valence-corrected chi connectivity index (χ3v) is 3.44. The van der Waals surface area contributed by atoms with E-state index in [1.807, 2.05) is 35.0 Å². The zero-order valence-electron chi connectivity index (χ0n) is 11.9. The van der Waals surface area contributed by atoms with E-state index in [0.29, 0.717) is 18.0 Å². The Bertz CT molecular complexity index is 612. The molecule has 2 rings (SSSR count). The first-order valence-corrected chi connectivity index (χ1v) is 7.16. The molecule has 2 N–H and O–H groups in total. The number of hydrogen-bond donors (Lipinski definition) is 2. The third kappa shape index (κ3) is 4.46. The smallest absolute Gasteiger partial charge is 0.239 e. The van der Waals surface area contributed by atoms with Crippen LogP contribution in [0.3, 0.4) is 0 Å². The van der Waals surface area contributed by atoms with E-state index in [0.717, 1.165) is 10.9 Å². The zero-order valence-corrected chi connectivity index (χ0v) is 12.6. The van der Waals surface area contributed by atoms with Gasteiger partial charge in [-0.1, -0.05) is 17.7 Å². The monoisotopic (exact) mass is 310 g/mol. The highest BCUT2D eigenvalue weighted by Crippen LogP contribution is 2.20. The Morgan fingerprint density at radius 2 is 2.29 bits per heavy atom. The van der Waals surface area contributed by atoms with Gasteiger partial charge in [-0.3, -0.25) is 4.79 Å². The van der Waals surface area contributed by atoms with Crippen molar-refractivity contribution in [3.8, 4) is 0 Å². The Morgan fingerprint density at radius 1 is 1.48 bits per heavy atom. The number of aliphatic hydroxyl groups excluding tert-OH is 1. The predicted octanol–water partition coefficient (Wildman–Crippen LogP) is 1.81. The van der Waals surface area contributed by atoms with Crippen molar-refractivity contribution in [3.63, 3.8) is 0 Å². The Hall–Kier alpha value is -1.56. The van der Waals surface area contributed by atoms with Crippen molar-refractivity contribution in [2.24, 2.45) is 0 Å². The fourth-order valence-corrected chi connectivity index (χ4v) is 2.33. The lowest BCUT2D eigenvalue weighted by Gasteiger charge is -2.11. The molecule has 5 nitrogen and oxygen atoms in total. The molecule has 0 aliphatic heterocycles. The van der Waals surface area contributed by atoms with Crippen LogP contribution in [0.15, 0.2) is 30.5 Å². The van der Waals surface area contributed by atoms with Crippen molar-refractivity contribution in [3.05, 3.63) is 35.5 Å².